The van der Waals surface area contributed by atoms with Crippen molar-refractivity contribution in [3.05, 3.63) is 60.2 Å². The Morgan fingerprint density at radius 1 is 1.10 bits per heavy atom. The van der Waals surface area contributed by atoms with E-state index in [0.717, 1.165) is 5.69 Å². The Morgan fingerprint density at radius 3 is 2.40 bits per heavy atom. The van der Waals surface area contributed by atoms with Crippen LogP contribution in [0.3, 0.4) is 0 Å². The van der Waals surface area contributed by atoms with Crippen molar-refractivity contribution in [3.63, 3.8) is 0 Å². The van der Waals surface area contributed by atoms with E-state index < -0.39 is 7.60 Å². The summed E-state index contributed by atoms with van der Waals surface area (Å²) in [7, 11) is -3.62. The topological polar surface area (TPSA) is 58.6 Å². The van der Waals surface area contributed by atoms with Gasteiger partial charge in [-0.3, -0.25) is 0 Å². The molecule has 106 valence electrons. The summed E-state index contributed by atoms with van der Waals surface area (Å²) in [6.45, 7) is 2.39. The van der Waals surface area contributed by atoms with Crippen LogP contribution in [0, 0.1) is 6.92 Å². The van der Waals surface area contributed by atoms with Crippen molar-refractivity contribution in [2.24, 2.45) is 0 Å². The fourth-order valence-corrected chi connectivity index (χ4v) is 2.64. The van der Waals surface area contributed by atoms with Crippen molar-refractivity contribution < 1.29 is 14.0 Å². The first-order valence-electron chi connectivity index (χ1n) is 6.42. The molecule has 0 saturated carbocycles. The molecule has 5 heteroatoms. The summed E-state index contributed by atoms with van der Waals surface area (Å²) in [5.41, 5.74) is 2.10. The zero-order valence-corrected chi connectivity index (χ0v) is 12.2. The SMILES string of the molecule is Cc1ccc(NCCP(=O)(O)Oc2ccccc2)cc1. The Hall–Kier alpha value is -1.77. The summed E-state index contributed by atoms with van der Waals surface area (Å²) < 4.78 is 17.1. The maximum absolute atomic E-state index is 11.9. The maximum atomic E-state index is 11.9. The molecule has 0 bridgehead atoms. The van der Waals surface area contributed by atoms with Crippen molar-refractivity contribution in [2.75, 3.05) is 18.0 Å². The van der Waals surface area contributed by atoms with Crippen LogP contribution in [0.5, 0.6) is 5.75 Å². The number of nitrogens with one attached hydrogen (secondary N) is 1. The van der Waals surface area contributed by atoms with Gasteiger partial charge in [0.25, 0.3) is 0 Å². The van der Waals surface area contributed by atoms with Crippen LogP contribution in [-0.4, -0.2) is 17.6 Å². The second-order valence-corrected chi connectivity index (χ2v) is 6.46. The molecule has 0 aliphatic rings. The second-order valence-electron chi connectivity index (χ2n) is 4.56. The molecular formula is C15H18NO3P. The van der Waals surface area contributed by atoms with E-state index in [0.29, 0.717) is 12.3 Å². The van der Waals surface area contributed by atoms with Crippen molar-refractivity contribution in [1.82, 2.24) is 0 Å². The molecular weight excluding hydrogens is 273 g/mol. The van der Waals surface area contributed by atoms with Crippen LogP contribution >= 0.6 is 7.60 Å². The molecule has 2 N–H and O–H groups in total. The van der Waals surface area contributed by atoms with E-state index in [4.69, 9.17) is 4.52 Å². The van der Waals surface area contributed by atoms with E-state index in [-0.39, 0.29) is 6.16 Å². The van der Waals surface area contributed by atoms with Gasteiger partial charge >= 0.3 is 7.60 Å². The summed E-state index contributed by atoms with van der Waals surface area (Å²) in [4.78, 5) is 9.78. The summed E-state index contributed by atoms with van der Waals surface area (Å²) in [6, 6.07) is 16.5. The van der Waals surface area contributed by atoms with E-state index >= 15 is 0 Å². The minimum Gasteiger partial charge on any atom is -0.424 e. The zero-order chi connectivity index (χ0) is 14.4. The van der Waals surface area contributed by atoms with Crippen molar-refractivity contribution >= 4 is 13.3 Å². The standard InChI is InChI=1S/C15H18NO3P/c1-13-7-9-14(10-8-13)16-11-12-20(17,18)19-15-5-3-2-4-6-15/h2-10,16H,11-12H2,1H3,(H,17,18). The number of anilines is 1. The molecule has 0 fully saturated rings. The average molecular weight is 291 g/mol. The first-order valence-corrected chi connectivity index (χ1v) is 8.18. The highest BCUT2D eigenvalue weighted by Gasteiger charge is 2.20. The van der Waals surface area contributed by atoms with Gasteiger partial charge in [0, 0.05) is 12.2 Å². The molecule has 0 aliphatic carbocycles. The van der Waals surface area contributed by atoms with Crippen LogP contribution in [0.25, 0.3) is 0 Å². The second kappa shape index (κ2) is 6.60. The summed E-state index contributed by atoms with van der Waals surface area (Å²) in [5, 5.41) is 3.10. The molecule has 0 radical (unpaired) electrons. The van der Waals surface area contributed by atoms with E-state index in [2.05, 4.69) is 5.32 Å². The Morgan fingerprint density at radius 2 is 1.75 bits per heavy atom. The summed E-state index contributed by atoms with van der Waals surface area (Å²) in [5.74, 6) is 0.411. The smallest absolute Gasteiger partial charge is 0.378 e. The van der Waals surface area contributed by atoms with Crippen LogP contribution in [-0.2, 0) is 4.57 Å². The third kappa shape index (κ3) is 4.72. The Balaban J connectivity index is 1.83. The fourth-order valence-electron chi connectivity index (χ4n) is 1.70. The van der Waals surface area contributed by atoms with Gasteiger partial charge in [0.05, 0.1) is 6.16 Å². The first kappa shape index (κ1) is 14.6. The lowest BCUT2D eigenvalue weighted by molar-refractivity contribution is 0.380. The van der Waals surface area contributed by atoms with Crippen molar-refractivity contribution in [2.45, 2.75) is 6.92 Å². The predicted octanol–water partition coefficient (Wildman–Crippen LogP) is 3.67. The molecule has 0 amide bonds. The molecule has 0 saturated heterocycles. The molecule has 0 aliphatic heterocycles. The zero-order valence-electron chi connectivity index (χ0n) is 11.3. The third-order valence-corrected chi connectivity index (χ3v) is 4.05. The monoisotopic (exact) mass is 291 g/mol. The lowest BCUT2D eigenvalue weighted by Gasteiger charge is -2.14. The lowest BCUT2D eigenvalue weighted by Crippen LogP contribution is -2.09. The van der Waals surface area contributed by atoms with E-state index in [1.807, 2.05) is 37.3 Å². The molecule has 2 rings (SSSR count). The molecule has 0 spiro atoms. The van der Waals surface area contributed by atoms with E-state index in [9.17, 15) is 9.46 Å². The number of para-hydroxylation sites is 1. The molecule has 0 heterocycles. The lowest BCUT2D eigenvalue weighted by atomic mass is 10.2. The van der Waals surface area contributed by atoms with E-state index in [1.165, 1.54) is 5.56 Å². The van der Waals surface area contributed by atoms with Gasteiger partial charge in [0.2, 0.25) is 0 Å². The highest BCUT2D eigenvalue weighted by atomic mass is 31.2. The Bertz CT molecular complexity index is 584. The summed E-state index contributed by atoms with van der Waals surface area (Å²) >= 11 is 0. The third-order valence-electron chi connectivity index (χ3n) is 2.77. The molecule has 1 atom stereocenters. The van der Waals surface area contributed by atoms with Crippen molar-refractivity contribution in [1.29, 1.82) is 0 Å². The van der Waals surface area contributed by atoms with Crippen LogP contribution in [0.15, 0.2) is 54.6 Å². The Kier molecular flexibility index (Phi) is 4.83. The normalized spacial score (nSPS) is 13.5. The van der Waals surface area contributed by atoms with Gasteiger partial charge in [-0.25, -0.2) is 4.57 Å². The molecule has 1 unspecified atom stereocenters. The average Bonchev–Trinajstić information content (AvgIpc) is 2.41. The van der Waals surface area contributed by atoms with Crippen molar-refractivity contribution in [3.8, 4) is 5.75 Å². The van der Waals surface area contributed by atoms with Crippen LogP contribution < -0.4 is 9.84 Å². The van der Waals surface area contributed by atoms with Gasteiger partial charge in [0.15, 0.2) is 0 Å². The van der Waals surface area contributed by atoms with Crippen LogP contribution in [0.2, 0.25) is 0 Å². The molecule has 20 heavy (non-hydrogen) atoms. The summed E-state index contributed by atoms with van der Waals surface area (Å²) in [6.07, 6.45) is 0.0514. The van der Waals surface area contributed by atoms with Gasteiger partial charge < -0.3 is 14.7 Å². The number of benzene rings is 2. The van der Waals surface area contributed by atoms with Crippen LogP contribution in [0.1, 0.15) is 5.56 Å². The Labute approximate surface area is 119 Å². The molecule has 4 nitrogen and oxygen atoms in total. The van der Waals surface area contributed by atoms with Crippen LogP contribution in [0.4, 0.5) is 5.69 Å². The van der Waals surface area contributed by atoms with Gasteiger partial charge in [0.1, 0.15) is 5.75 Å². The van der Waals surface area contributed by atoms with Gasteiger partial charge in [-0.05, 0) is 31.2 Å². The van der Waals surface area contributed by atoms with E-state index in [1.54, 1.807) is 24.3 Å². The molecule has 2 aromatic rings. The minimum atomic E-state index is -3.62. The van der Waals surface area contributed by atoms with Gasteiger partial charge in [-0.2, -0.15) is 0 Å². The fraction of sp³-hybridized carbons (Fsp3) is 0.200. The largest absolute Gasteiger partial charge is 0.424 e. The number of rotatable bonds is 6. The maximum Gasteiger partial charge on any atom is 0.378 e. The number of hydrogen-bond acceptors (Lipinski definition) is 3. The highest BCUT2D eigenvalue weighted by Crippen LogP contribution is 2.41. The number of hydrogen-bond donors (Lipinski definition) is 2. The molecule has 0 aromatic heterocycles. The minimum absolute atomic E-state index is 0.0514. The quantitative estimate of drug-likeness (QED) is 0.797. The van der Waals surface area contributed by atoms with Gasteiger partial charge in [-0.1, -0.05) is 35.9 Å². The predicted molar refractivity (Wildman–Crippen MR) is 81.4 cm³/mol. The first-order chi connectivity index (χ1) is 9.55. The number of aryl methyl sites for hydroxylation is 1. The van der Waals surface area contributed by atoms with Gasteiger partial charge in [-0.15, -0.1) is 0 Å². The molecule has 2 aromatic carbocycles. The highest BCUT2D eigenvalue weighted by molar-refractivity contribution is 7.53.